The van der Waals surface area contributed by atoms with Crippen LogP contribution in [0.1, 0.15) is 103 Å². The predicted molar refractivity (Wildman–Crippen MR) is 98.8 cm³/mol. The van der Waals surface area contributed by atoms with Crippen LogP contribution >= 0.6 is 0 Å². The molecule has 0 fully saturated rings. The molecule has 148 valence electrons. The normalized spacial score (nSPS) is 11.9. The average molecular weight is 360 g/mol. The van der Waals surface area contributed by atoms with Crippen molar-refractivity contribution in [1.29, 1.82) is 0 Å². The van der Waals surface area contributed by atoms with E-state index in [2.05, 4.69) is 11.7 Å². The Morgan fingerprint density at radius 2 is 1.36 bits per heavy atom. The molecule has 0 N–H and O–H groups in total. The minimum Gasteiger partial charge on any atom is -0.469 e. The summed E-state index contributed by atoms with van der Waals surface area (Å²) in [5.41, 5.74) is 0. The Bertz CT molecular complexity index is 336. The highest BCUT2D eigenvalue weighted by molar-refractivity contribution is 5.68. The topological polar surface area (TPSA) is 78.7 Å². The second-order valence-corrected chi connectivity index (χ2v) is 6.74. The third-order valence-corrected chi connectivity index (χ3v) is 4.50. The molecule has 0 aliphatic rings. The minimum atomic E-state index is -0.640. The zero-order chi connectivity index (χ0) is 18.8. The van der Waals surface area contributed by atoms with Gasteiger partial charge in [-0.2, -0.15) is 0 Å². The molecule has 25 heavy (non-hydrogen) atoms. The monoisotopic (exact) mass is 359 g/mol. The molecule has 1 unspecified atom stereocenters. The summed E-state index contributed by atoms with van der Waals surface area (Å²) in [5.74, 6) is -0.124. The van der Waals surface area contributed by atoms with Crippen LogP contribution in [0.3, 0.4) is 0 Å². The number of unbranched alkanes of at least 4 members (excludes halogenated alkanes) is 10. The van der Waals surface area contributed by atoms with Gasteiger partial charge in [0.05, 0.1) is 7.11 Å². The largest absolute Gasteiger partial charge is 0.469 e. The number of carbonyl (C=O) groups excluding carboxylic acids is 1. The number of nitrogens with zero attached hydrogens (tertiary/aromatic N) is 1. The quantitative estimate of drug-likeness (QED) is 0.138. The number of ether oxygens (including phenoxy) is 1. The molecule has 6 heteroatoms. The van der Waals surface area contributed by atoms with Crippen molar-refractivity contribution in [3.8, 4) is 0 Å². The van der Waals surface area contributed by atoms with Crippen LogP contribution in [-0.2, 0) is 14.4 Å². The van der Waals surface area contributed by atoms with Crippen LogP contribution in [0.2, 0.25) is 0 Å². The van der Waals surface area contributed by atoms with Gasteiger partial charge in [0.1, 0.15) is 6.10 Å². The Morgan fingerprint density at radius 1 is 0.880 bits per heavy atom. The lowest BCUT2D eigenvalue weighted by Gasteiger charge is -2.14. The van der Waals surface area contributed by atoms with Crippen molar-refractivity contribution in [1.82, 2.24) is 0 Å². The molecule has 0 heterocycles. The van der Waals surface area contributed by atoms with E-state index < -0.39 is 5.09 Å². The van der Waals surface area contributed by atoms with Gasteiger partial charge in [0.15, 0.2) is 0 Å². The molecular formula is C19H37NO5. The number of carbonyl (C=O) groups is 1. The molecule has 0 aliphatic heterocycles. The summed E-state index contributed by atoms with van der Waals surface area (Å²) >= 11 is 0. The van der Waals surface area contributed by atoms with Gasteiger partial charge in [0.25, 0.3) is 5.09 Å². The maximum atomic E-state index is 11.0. The van der Waals surface area contributed by atoms with E-state index in [0.29, 0.717) is 6.42 Å². The Morgan fingerprint density at radius 3 is 1.84 bits per heavy atom. The molecule has 0 aromatic heterocycles. The second-order valence-electron chi connectivity index (χ2n) is 6.74. The molecule has 6 nitrogen and oxygen atoms in total. The van der Waals surface area contributed by atoms with Crippen LogP contribution in [0.25, 0.3) is 0 Å². The van der Waals surface area contributed by atoms with Crippen molar-refractivity contribution >= 4 is 5.97 Å². The van der Waals surface area contributed by atoms with Gasteiger partial charge in [-0.1, -0.05) is 77.6 Å². The Labute approximate surface area is 152 Å². The Hall–Kier alpha value is -1.33. The highest BCUT2D eigenvalue weighted by atomic mass is 17.0. The average Bonchev–Trinajstić information content (AvgIpc) is 2.59. The molecule has 0 saturated carbocycles. The molecule has 0 bridgehead atoms. The van der Waals surface area contributed by atoms with E-state index in [1.54, 1.807) is 0 Å². The molecule has 0 radical (unpaired) electrons. The highest BCUT2D eigenvalue weighted by Gasteiger charge is 2.12. The van der Waals surface area contributed by atoms with Crippen molar-refractivity contribution in [2.45, 2.75) is 109 Å². The van der Waals surface area contributed by atoms with Gasteiger partial charge in [-0.3, -0.25) is 4.79 Å². The maximum Gasteiger partial charge on any atom is 0.305 e. The van der Waals surface area contributed by atoms with Crippen LogP contribution in [0.4, 0.5) is 0 Å². The first kappa shape index (κ1) is 23.7. The second kappa shape index (κ2) is 17.5. The van der Waals surface area contributed by atoms with Crippen LogP contribution < -0.4 is 0 Å². The van der Waals surface area contributed by atoms with E-state index >= 15 is 0 Å². The van der Waals surface area contributed by atoms with Crippen molar-refractivity contribution in [2.75, 3.05) is 7.11 Å². The summed E-state index contributed by atoms with van der Waals surface area (Å²) in [6.07, 6.45) is 15.1. The molecular weight excluding hydrogens is 322 g/mol. The number of hydrogen-bond acceptors (Lipinski definition) is 5. The summed E-state index contributed by atoms with van der Waals surface area (Å²) in [6, 6.07) is 0. The standard InChI is InChI=1S/C19H37NO5/c1-3-4-5-12-15-18(25-20(22)23)16-13-10-8-6-7-9-11-14-17-19(21)24-2/h18H,3-17H2,1-2H3. The maximum absolute atomic E-state index is 11.0. The van der Waals surface area contributed by atoms with Gasteiger partial charge < -0.3 is 9.57 Å². The van der Waals surface area contributed by atoms with E-state index in [-0.39, 0.29) is 12.1 Å². The van der Waals surface area contributed by atoms with Gasteiger partial charge in [-0.15, -0.1) is 10.1 Å². The van der Waals surface area contributed by atoms with Gasteiger partial charge in [-0.05, 0) is 19.3 Å². The van der Waals surface area contributed by atoms with Crippen molar-refractivity contribution in [2.24, 2.45) is 0 Å². The molecule has 0 aromatic rings. The zero-order valence-electron chi connectivity index (χ0n) is 16.2. The van der Waals surface area contributed by atoms with Crippen LogP contribution in [-0.4, -0.2) is 24.3 Å². The van der Waals surface area contributed by atoms with Crippen LogP contribution in [0, 0.1) is 10.1 Å². The van der Waals surface area contributed by atoms with Crippen molar-refractivity contribution in [3.05, 3.63) is 10.1 Å². The number of hydrogen-bond donors (Lipinski definition) is 0. The molecule has 0 spiro atoms. The van der Waals surface area contributed by atoms with Crippen LogP contribution in [0.15, 0.2) is 0 Å². The fraction of sp³-hybridized carbons (Fsp3) is 0.947. The minimum absolute atomic E-state index is 0.124. The lowest BCUT2D eigenvalue weighted by molar-refractivity contribution is -0.769. The van der Waals surface area contributed by atoms with Crippen molar-refractivity contribution < 1.29 is 19.5 Å². The van der Waals surface area contributed by atoms with Gasteiger partial charge in [0.2, 0.25) is 0 Å². The molecule has 0 aliphatic carbocycles. The number of esters is 1. The zero-order valence-corrected chi connectivity index (χ0v) is 16.2. The van der Waals surface area contributed by atoms with E-state index in [0.717, 1.165) is 64.2 Å². The molecule has 1 atom stereocenters. The van der Waals surface area contributed by atoms with Gasteiger partial charge >= 0.3 is 5.97 Å². The lowest BCUT2D eigenvalue weighted by atomic mass is 10.0. The summed E-state index contributed by atoms with van der Waals surface area (Å²) in [6.45, 7) is 2.16. The molecule has 0 aromatic carbocycles. The van der Waals surface area contributed by atoms with Gasteiger partial charge in [0, 0.05) is 6.42 Å². The third kappa shape index (κ3) is 17.3. The van der Waals surface area contributed by atoms with Crippen LogP contribution in [0.5, 0.6) is 0 Å². The van der Waals surface area contributed by atoms with Gasteiger partial charge in [-0.25, -0.2) is 0 Å². The number of rotatable bonds is 18. The highest BCUT2D eigenvalue weighted by Crippen LogP contribution is 2.16. The Balaban J connectivity index is 3.53. The fourth-order valence-electron chi connectivity index (χ4n) is 2.97. The third-order valence-electron chi connectivity index (χ3n) is 4.50. The summed E-state index contributed by atoms with van der Waals surface area (Å²) in [7, 11) is 1.43. The first-order chi connectivity index (χ1) is 12.1. The van der Waals surface area contributed by atoms with E-state index in [1.165, 1.54) is 32.8 Å². The van der Waals surface area contributed by atoms with E-state index in [4.69, 9.17) is 4.84 Å². The predicted octanol–water partition coefficient (Wildman–Crippen LogP) is 5.61. The summed E-state index contributed by atoms with van der Waals surface area (Å²) < 4.78 is 4.61. The smallest absolute Gasteiger partial charge is 0.305 e. The Kier molecular flexibility index (Phi) is 16.6. The van der Waals surface area contributed by atoms with E-state index in [1.807, 2.05) is 0 Å². The summed E-state index contributed by atoms with van der Waals surface area (Å²) in [4.78, 5) is 26.4. The molecule has 0 rings (SSSR count). The van der Waals surface area contributed by atoms with Crippen molar-refractivity contribution in [3.63, 3.8) is 0 Å². The number of methoxy groups -OCH3 is 1. The first-order valence-electron chi connectivity index (χ1n) is 9.98. The van der Waals surface area contributed by atoms with E-state index in [9.17, 15) is 14.9 Å². The molecule has 0 saturated heterocycles. The SMILES string of the molecule is CCCCCCC(CCCCCCCCCCC(=O)OC)O[N+](=O)[O-]. The fourth-order valence-corrected chi connectivity index (χ4v) is 2.97. The lowest BCUT2D eigenvalue weighted by Crippen LogP contribution is -2.17. The first-order valence-corrected chi connectivity index (χ1v) is 9.98. The summed E-state index contributed by atoms with van der Waals surface area (Å²) in [5, 5.41) is 9.93. The molecule has 0 amide bonds.